The number of thioether (sulfide) groups is 1. The molecule has 1 aromatic rings. The van der Waals surface area contributed by atoms with Gasteiger partial charge in [0.25, 0.3) is 0 Å². The van der Waals surface area contributed by atoms with Crippen LogP contribution in [0.2, 0.25) is 0 Å². The van der Waals surface area contributed by atoms with Gasteiger partial charge in [-0.05, 0) is 30.7 Å². The van der Waals surface area contributed by atoms with Gasteiger partial charge in [0.15, 0.2) is 0 Å². The molecule has 0 radical (unpaired) electrons. The van der Waals surface area contributed by atoms with Crippen molar-refractivity contribution in [3.05, 3.63) is 29.3 Å². The van der Waals surface area contributed by atoms with Crippen molar-refractivity contribution in [2.45, 2.75) is 37.5 Å². The van der Waals surface area contributed by atoms with Gasteiger partial charge in [0, 0.05) is 11.7 Å². The summed E-state index contributed by atoms with van der Waals surface area (Å²) in [7, 11) is 1.69. The van der Waals surface area contributed by atoms with Gasteiger partial charge >= 0.3 is 0 Å². The maximum Gasteiger partial charge on any atom is 0.122 e. The molecule has 2 nitrogen and oxygen atoms in total. The Labute approximate surface area is 107 Å². The van der Waals surface area contributed by atoms with Gasteiger partial charge in [-0.1, -0.05) is 24.6 Å². The highest BCUT2D eigenvalue weighted by molar-refractivity contribution is 8.00. The van der Waals surface area contributed by atoms with E-state index in [1.807, 2.05) is 23.9 Å². The molecule has 1 aromatic carbocycles. The molecular formula is C14H20O2S. The topological polar surface area (TPSA) is 29.5 Å². The fraction of sp³-hybridized carbons (Fsp3) is 0.571. The minimum Gasteiger partial charge on any atom is -0.496 e. The lowest BCUT2D eigenvalue weighted by Crippen LogP contribution is -2.37. The van der Waals surface area contributed by atoms with Gasteiger partial charge in [-0.3, -0.25) is 0 Å². The van der Waals surface area contributed by atoms with Gasteiger partial charge in [-0.15, -0.1) is 0 Å². The number of benzene rings is 1. The molecule has 1 heterocycles. The average molecular weight is 252 g/mol. The molecule has 0 aromatic heterocycles. The Bertz CT molecular complexity index is 405. The van der Waals surface area contributed by atoms with Crippen molar-refractivity contribution in [3.63, 3.8) is 0 Å². The molecule has 1 saturated heterocycles. The van der Waals surface area contributed by atoms with E-state index in [0.29, 0.717) is 11.7 Å². The van der Waals surface area contributed by atoms with Crippen LogP contribution in [0.5, 0.6) is 5.75 Å². The molecule has 0 saturated carbocycles. The zero-order valence-corrected chi connectivity index (χ0v) is 11.5. The summed E-state index contributed by atoms with van der Waals surface area (Å²) in [5.74, 6) is 1.93. The molecule has 17 heavy (non-hydrogen) atoms. The van der Waals surface area contributed by atoms with Crippen LogP contribution in [0.25, 0.3) is 0 Å². The van der Waals surface area contributed by atoms with Crippen LogP contribution >= 0.6 is 11.8 Å². The maximum atomic E-state index is 10.6. The molecule has 3 heteroatoms. The van der Waals surface area contributed by atoms with E-state index in [2.05, 4.69) is 19.9 Å². The molecule has 0 bridgehead atoms. The van der Waals surface area contributed by atoms with E-state index >= 15 is 0 Å². The lowest BCUT2D eigenvalue weighted by Gasteiger charge is -2.27. The van der Waals surface area contributed by atoms with Crippen molar-refractivity contribution >= 4 is 11.8 Å². The molecular weight excluding hydrogens is 232 g/mol. The molecule has 0 spiro atoms. The molecule has 1 fully saturated rings. The second-order valence-corrected chi connectivity index (χ2v) is 6.31. The number of aliphatic hydroxyl groups is 1. The molecule has 1 aliphatic rings. The summed E-state index contributed by atoms with van der Waals surface area (Å²) >= 11 is 1.85. The third-order valence-corrected chi connectivity index (χ3v) is 4.97. The van der Waals surface area contributed by atoms with E-state index < -0.39 is 5.60 Å². The summed E-state index contributed by atoms with van der Waals surface area (Å²) < 4.78 is 5.37. The Morgan fingerprint density at radius 3 is 2.88 bits per heavy atom. The summed E-state index contributed by atoms with van der Waals surface area (Å²) in [5.41, 5.74) is 1.75. The Morgan fingerprint density at radius 1 is 1.53 bits per heavy atom. The van der Waals surface area contributed by atoms with E-state index in [0.717, 1.165) is 23.5 Å². The zero-order valence-electron chi connectivity index (χ0n) is 10.7. The van der Waals surface area contributed by atoms with Gasteiger partial charge < -0.3 is 9.84 Å². The standard InChI is InChI=1S/C14H20O2S/c1-10-4-5-13(16-3)12(8-10)9-14(15)6-7-17-11(14)2/h4-5,8,11,15H,6-7,9H2,1-3H3. The fourth-order valence-corrected chi connectivity index (χ4v) is 3.71. The highest BCUT2D eigenvalue weighted by Crippen LogP contribution is 2.39. The number of aryl methyl sites for hydroxylation is 1. The summed E-state index contributed by atoms with van der Waals surface area (Å²) in [6, 6.07) is 6.15. The highest BCUT2D eigenvalue weighted by atomic mass is 32.2. The maximum absolute atomic E-state index is 10.6. The van der Waals surface area contributed by atoms with Crippen molar-refractivity contribution in [1.29, 1.82) is 0 Å². The largest absolute Gasteiger partial charge is 0.496 e. The first-order chi connectivity index (χ1) is 8.05. The van der Waals surface area contributed by atoms with Crippen molar-refractivity contribution < 1.29 is 9.84 Å². The summed E-state index contributed by atoms with van der Waals surface area (Å²) in [6.07, 6.45) is 1.56. The molecule has 2 atom stereocenters. The third-order valence-electron chi connectivity index (χ3n) is 3.59. The minimum absolute atomic E-state index is 0.299. The number of hydrogen-bond acceptors (Lipinski definition) is 3. The lowest BCUT2D eigenvalue weighted by atomic mass is 9.88. The van der Waals surface area contributed by atoms with Gasteiger partial charge in [0.2, 0.25) is 0 Å². The summed E-state index contributed by atoms with van der Waals surface area (Å²) in [6.45, 7) is 4.18. The Hall–Kier alpha value is -0.670. The van der Waals surface area contributed by atoms with Crippen molar-refractivity contribution in [3.8, 4) is 5.75 Å². The van der Waals surface area contributed by atoms with E-state index in [-0.39, 0.29) is 0 Å². The molecule has 0 amide bonds. The number of rotatable bonds is 3. The monoisotopic (exact) mass is 252 g/mol. The second kappa shape index (κ2) is 4.91. The molecule has 2 unspecified atom stereocenters. The van der Waals surface area contributed by atoms with Crippen LogP contribution in [0, 0.1) is 6.92 Å². The molecule has 1 N–H and O–H groups in total. The quantitative estimate of drug-likeness (QED) is 0.897. The van der Waals surface area contributed by atoms with Crippen LogP contribution in [0.1, 0.15) is 24.5 Å². The fourth-order valence-electron chi connectivity index (χ4n) is 2.38. The van der Waals surface area contributed by atoms with Gasteiger partial charge in [-0.2, -0.15) is 11.8 Å². The predicted molar refractivity (Wildman–Crippen MR) is 72.9 cm³/mol. The van der Waals surface area contributed by atoms with Crippen LogP contribution in [0.3, 0.4) is 0 Å². The van der Waals surface area contributed by atoms with Crippen molar-refractivity contribution in [2.75, 3.05) is 12.9 Å². The van der Waals surface area contributed by atoms with Crippen molar-refractivity contribution in [1.82, 2.24) is 0 Å². The normalized spacial score (nSPS) is 28.4. The Balaban J connectivity index is 2.25. The Morgan fingerprint density at radius 2 is 2.29 bits per heavy atom. The molecule has 2 rings (SSSR count). The van der Waals surface area contributed by atoms with Gasteiger partial charge in [0.05, 0.1) is 12.7 Å². The number of hydrogen-bond donors (Lipinski definition) is 1. The van der Waals surface area contributed by atoms with Crippen LogP contribution in [-0.4, -0.2) is 28.8 Å². The first-order valence-corrected chi connectivity index (χ1v) is 7.07. The minimum atomic E-state index is -0.578. The van der Waals surface area contributed by atoms with Gasteiger partial charge in [0.1, 0.15) is 5.75 Å². The van der Waals surface area contributed by atoms with Gasteiger partial charge in [-0.25, -0.2) is 0 Å². The first-order valence-electron chi connectivity index (χ1n) is 6.03. The van der Waals surface area contributed by atoms with Crippen molar-refractivity contribution in [2.24, 2.45) is 0 Å². The molecule has 0 aliphatic carbocycles. The third kappa shape index (κ3) is 2.61. The second-order valence-electron chi connectivity index (χ2n) is 4.86. The number of ether oxygens (including phenoxy) is 1. The SMILES string of the molecule is COc1ccc(C)cc1CC1(O)CCSC1C. The van der Waals surface area contributed by atoms with Crippen LogP contribution in [0.15, 0.2) is 18.2 Å². The molecule has 1 aliphatic heterocycles. The number of methoxy groups -OCH3 is 1. The highest BCUT2D eigenvalue weighted by Gasteiger charge is 2.39. The van der Waals surface area contributed by atoms with Crippen LogP contribution in [-0.2, 0) is 6.42 Å². The van der Waals surface area contributed by atoms with E-state index in [9.17, 15) is 5.11 Å². The first kappa shape index (κ1) is 12.8. The smallest absolute Gasteiger partial charge is 0.122 e. The Kier molecular flexibility index (Phi) is 3.69. The predicted octanol–water partition coefficient (Wildman–Crippen LogP) is 2.80. The average Bonchev–Trinajstić information content (AvgIpc) is 2.59. The van der Waals surface area contributed by atoms with Crippen LogP contribution < -0.4 is 4.74 Å². The lowest BCUT2D eigenvalue weighted by molar-refractivity contribution is 0.0458. The summed E-state index contributed by atoms with van der Waals surface area (Å²) in [5, 5.41) is 10.9. The van der Waals surface area contributed by atoms with E-state index in [4.69, 9.17) is 4.74 Å². The van der Waals surface area contributed by atoms with Crippen LogP contribution in [0.4, 0.5) is 0 Å². The van der Waals surface area contributed by atoms with E-state index in [1.165, 1.54) is 5.56 Å². The zero-order chi connectivity index (χ0) is 12.5. The molecule has 94 valence electrons. The van der Waals surface area contributed by atoms with E-state index in [1.54, 1.807) is 7.11 Å². The summed E-state index contributed by atoms with van der Waals surface area (Å²) in [4.78, 5) is 0.